The van der Waals surface area contributed by atoms with E-state index in [0.717, 1.165) is 32.5 Å². The third kappa shape index (κ3) is 3.52. The highest BCUT2D eigenvalue weighted by atomic mass is 16.3. The van der Waals surface area contributed by atoms with E-state index in [4.69, 9.17) is 0 Å². The van der Waals surface area contributed by atoms with Gasteiger partial charge in [-0.25, -0.2) is 0 Å². The fraction of sp³-hybridized carbons (Fsp3) is 0.435. The molecule has 4 rings (SSSR count). The molecule has 0 aliphatic carbocycles. The van der Waals surface area contributed by atoms with Gasteiger partial charge in [-0.3, -0.25) is 9.69 Å². The number of aliphatic hydroxyl groups excluding tert-OH is 1. The standard InChI is InChI=1S/C23H28N2O2/c1-17(27)24-13-5-6-14-25-21(15-24)23(22(25)16-26)20-11-9-19(10-12-20)18-7-3-2-4-8-18/h2-4,7-12,21-23,26H,5-6,13-16H2,1H3/t21-,22+,23+/m0/s1. The second-order valence-electron chi connectivity index (χ2n) is 7.74. The Hall–Kier alpha value is -2.17. The summed E-state index contributed by atoms with van der Waals surface area (Å²) in [5.41, 5.74) is 3.69. The van der Waals surface area contributed by atoms with Crippen molar-refractivity contribution in [2.24, 2.45) is 0 Å². The molecule has 1 N–H and O–H groups in total. The highest BCUT2D eigenvalue weighted by Crippen LogP contribution is 2.42. The first kappa shape index (κ1) is 18.2. The lowest BCUT2D eigenvalue weighted by molar-refractivity contribution is -0.134. The van der Waals surface area contributed by atoms with Gasteiger partial charge in [0, 0.05) is 38.0 Å². The van der Waals surface area contributed by atoms with Crippen molar-refractivity contribution in [1.29, 1.82) is 0 Å². The number of hydrogen-bond acceptors (Lipinski definition) is 3. The Morgan fingerprint density at radius 2 is 1.67 bits per heavy atom. The van der Waals surface area contributed by atoms with Crippen molar-refractivity contribution in [1.82, 2.24) is 9.80 Å². The summed E-state index contributed by atoms with van der Waals surface area (Å²) in [7, 11) is 0. The lowest BCUT2D eigenvalue weighted by atomic mass is 9.74. The van der Waals surface area contributed by atoms with Crippen LogP contribution < -0.4 is 0 Å². The van der Waals surface area contributed by atoms with Gasteiger partial charge in [-0.1, -0.05) is 54.6 Å². The summed E-state index contributed by atoms with van der Waals surface area (Å²) in [5, 5.41) is 10.0. The number of hydrogen-bond donors (Lipinski definition) is 1. The van der Waals surface area contributed by atoms with E-state index in [0.29, 0.717) is 6.04 Å². The summed E-state index contributed by atoms with van der Waals surface area (Å²) in [6.07, 6.45) is 2.12. The average Bonchev–Trinajstić information content (AvgIpc) is 2.67. The molecule has 2 fully saturated rings. The van der Waals surface area contributed by atoms with Gasteiger partial charge in [-0.05, 0) is 36.1 Å². The number of fused-ring (bicyclic) bond motifs is 1. The van der Waals surface area contributed by atoms with E-state index in [1.54, 1.807) is 6.92 Å². The highest BCUT2D eigenvalue weighted by Gasteiger charge is 2.49. The van der Waals surface area contributed by atoms with Gasteiger partial charge in [-0.15, -0.1) is 0 Å². The SMILES string of the molecule is CC(=O)N1CCCCN2[C@H](CO)[C@H](c3ccc(-c4ccccc4)cc3)[C@@H]2C1. The largest absolute Gasteiger partial charge is 0.395 e. The van der Waals surface area contributed by atoms with Gasteiger partial charge in [0.15, 0.2) is 0 Å². The molecule has 0 unspecified atom stereocenters. The number of nitrogens with zero attached hydrogens (tertiary/aromatic N) is 2. The second-order valence-corrected chi connectivity index (χ2v) is 7.74. The van der Waals surface area contributed by atoms with Crippen molar-refractivity contribution in [2.75, 3.05) is 26.2 Å². The molecule has 0 spiro atoms. The summed E-state index contributed by atoms with van der Waals surface area (Å²) in [4.78, 5) is 16.4. The van der Waals surface area contributed by atoms with Crippen molar-refractivity contribution in [3.05, 3.63) is 60.2 Å². The molecule has 27 heavy (non-hydrogen) atoms. The number of carbonyl (C=O) groups excluding carboxylic acids is 1. The number of aliphatic hydroxyl groups is 1. The Morgan fingerprint density at radius 1 is 1.00 bits per heavy atom. The highest BCUT2D eigenvalue weighted by molar-refractivity contribution is 5.73. The molecule has 2 aromatic rings. The second kappa shape index (κ2) is 7.83. The van der Waals surface area contributed by atoms with Crippen LogP contribution in [0.5, 0.6) is 0 Å². The zero-order valence-corrected chi connectivity index (χ0v) is 15.9. The zero-order chi connectivity index (χ0) is 18.8. The van der Waals surface area contributed by atoms with Crippen LogP contribution in [-0.4, -0.2) is 59.1 Å². The van der Waals surface area contributed by atoms with Gasteiger partial charge in [0.25, 0.3) is 0 Å². The Bertz CT molecular complexity index is 775. The molecule has 2 aliphatic heterocycles. The Labute approximate surface area is 161 Å². The number of carbonyl (C=O) groups is 1. The predicted octanol–water partition coefficient (Wildman–Crippen LogP) is 3.12. The van der Waals surface area contributed by atoms with Gasteiger partial charge in [0.2, 0.25) is 5.91 Å². The van der Waals surface area contributed by atoms with Gasteiger partial charge < -0.3 is 10.0 Å². The maximum Gasteiger partial charge on any atom is 0.219 e. The summed E-state index contributed by atoms with van der Waals surface area (Å²) >= 11 is 0. The molecule has 4 nitrogen and oxygen atoms in total. The molecule has 2 aliphatic rings. The first-order valence-electron chi connectivity index (χ1n) is 9.96. The maximum absolute atomic E-state index is 12.0. The minimum Gasteiger partial charge on any atom is -0.395 e. The molecule has 2 heterocycles. The minimum atomic E-state index is 0.155. The van der Waals surface area contributed by atoms with Gasteiger partial charge in [0.1, 0.15) is 0 Å². The number of rotatable bonds is 3. The minimum absolute atomic E-state index is 0.155. The molecule has 142 valence electrons. The van der Waals surface area contributed by atoms with Gasteiger partial charge >= 0.3 is 0 Å². The zero-order valence-electron chi connectivity index (χ0n) is 15.9. The van der Waals surface area contributed by atoms with Crippen LogP contribution in [0.15, 0.2) is 54.6 Å². The van der Waals surface area contributed by atoms with Crippen LogP contribution >= 0.6 is 0 Å². The van der Waals surface area contributed by atoms with Crippen molar-refractivity contribution in [3.63, 3.8) is 0 Å². The molecule has 2 aromatic carbocycles. The van der Waals surface area contributed by atoms with Crippen molar-refractivity contribution >= 4 is 5.91 Å². The third-order valence-corrected chi connectivity index (χ3v) is 6.22. The van der Waals surface area contributed by atoms with E-state index >= 15 is 0 Å². The fourth-order valence-electron chi connectivity index (χ4n) is 4.75. The van der Waals surface area contributed by atoms with Crippen LogP contribution in [0.3, 0.4) is 0 Å². The molecule has 0 saturated carbocycles. The van der Waals surface area contributed by atoms with E-state index in [-0.39, 0.29) is 24.5 Å². The van der Waals surface area contributed by atoms with Crippen LogP contribution in [0.25, 0.3) is 11.1 Å². The topological polar surface area (TPSA) is 43.8 Å². The maximum atomic E-state index is 12.0. The van der Waals surface area contributed by atoms with Crippen molar-refractivity contribution in [3.8, 4) is 11.1 Å². The van der Waals surface area contributed by atoms with E-state index in [1.165, 1.54) is 16.7 Å². The quantitative estimate of drug-likeness (QED) is 0.910. The normalized spacial score (nSPS) is 25.9. The Balaban J connectivity index is 1.58. The van der Waals surface area contributed by atoms with Crippen LogP contribution in [0.2, 0.25) is 0 Å². The van der Waals surface area contributed by atoms with Gasteiger partial charge in [0.05, 0.1) is 6.61 Å². The summed E-state index contributed by atoms with van der Waals surface area (Å²) < 4.78 is 0. The summed E-state index contributed by atoms with van der Waals surface area (Å²) in [6, 6.07) is 19.6. The van der Waals surface area contributed by atoms with Crippen LogP contribution in [0, 0.1) is 0 Å². The van der Waals surface area contributed by atoms with E-state index in [1.807, 2.05) is 11.0 Å². The molecule has 1 amide bonds. The molecule has 3 atom stereocenters. The Morgan fingerprint density at radius 3 is 2.33 bits per heavy atom. The lowest BCUT2D eigenvalue weighted by Gasteiger charge is -2.57. The predicted molar refractivity (Wildman–Crippen MR) is 107 cm³/mol. The van der Waals surface area contributed by atoms with Gasteiger partial charge in [-0.2, -0.15) is 0 Å². The molecule has 0 aromatic heterocycles. The fourth-order valence-corrected chi connectivity index (χ4v) is 4.75. The lowest BCUT2D eigenvalue weighted by Crippen LogP contribution is -2.67. The first-order valence-corrected chi connectivity index (χ1v) is 9.96. The molecule has 4 heteroatoms. The smallest absolute Gasteiger partial charge is 0.219 e. The molecule has 0 bridgehead atoms. The number of benzene rings is 2. The molecular formula is C23H28N2O2. The summed E-state index contributed by atoms with van der Waals surface area (Å²) in [6.45, 7) is 4.46. The average molecular weight is 364 g/mol. The Kier molecular flexibility index (Phi) is 5.28. The van der Waals surface area contributed by atoms with Crippen LogP contribution in [0.4, 0.5) is 0 Å². The monoisotopic (exact) mass is 364 g/mol. The van der Waals surface area contributed by atoms with Crippen LogP contribution in [-0.2, 0) is 4.79 Å². The third-order valence-electron chi connectivity index (χ3n) is 6.22. The number of amides is 1. The van der Waals surface area contributed by atoms with Crippen molar-refractivity contribution in [2.45, 2.75) is 37.8 Å². The van der Waals surface area contributed by atoms with Crippen LogP contribution in [0.1, 0.15) is 31.2 Å². The van der Waals surface area contributed by atoms with E-state index < -0.39 is 0 Å². The van der Waals surface area contributed by atoms with E-state index in [2.05, 4.69) is 53.4 Å². The van der Waals surface area contributed by atoms with Crippen molar-refractivity contribution < 1.29 is 9.90 Å². The van der Waals surface area contributed by atoms with E-state index in [9.17, 15) is 9.90 Å². The first-order chi connectivity index (χ1) is 13.2. The molecule has 2 saturated heterocycles. The summed E-state index contributed by atoms with van der Waals surface area (Å²) in [5.74, 6) is 0.433. The molecular weight excluding hydrogens is 336 g/mol. The molecule has 0 radical (unpaired) electrons.